The number of nitrogens with zero attached hydrogens (tertiary/aromatic N) is 1. The number of benzene rings is 1. The summed E-state index contributed by atoms with van der Waals surface area (Å²) in [4.78, 5) is 11.1. The Hall–Kier alpha value is -2.28. The first-order valence-corrected chi connectivity index (χ1v) is 4.56. The molecule has 0 aliphatic heterocycles. The van der Waals surface area contributed by atoms with Gasteiger partial charge in [-0.3, -0.25) is 0 Å². The van der Waals surface area contributed by atoms with E-state index < -0.39 is 5.97 Å². The van der Waals surface area contributed by atoms with Crippen LogP contribution >= 0.6 is 0 Å². The van der Waals surface area contributed by atoms with E-state index in [4.69, 9.17) is 10.00 Å². The summed E-state index contributed by atoms with van der Waals surface area (Å²) in [5.41, 5.74) is 0.780. The van der Waals surface area contributed by atoms with Crippen LogP contribution in [-0.2, 0) is 9.53 Å². The number of para-hydroxylation sites is 1. The van der Waals surface area contributed by atoms with Crippen LogP contribution in [0.1, 0.15) is 5.56 Å². The molecule has 0 aromatic heterocycles. The lowest BCUT2D eigenvalue weighted by Crippen LogP contribution is -1.97. The monoisotopic (exact) mass is 217 g/mol. The molecule has 1 rings (SSSR count). The molecule has 0 spiro atoms. The van der Waals surface area contributed by atoms with E-state index in [0.717, 1.165) is 6.08 Å². The van der Waals surface area contributed by atoms with E-state index in [0.29, 0.717) is 11.3 Å². The molecule has 0 saturated carbocycles. The fourth-order valence-electron chi connectivity index (χ4n) is 1.21. The highest BCUT2D eigenvalue weighted by molar-refractivity contribution is 5.96. The van der Waals surface area contributed by atoms with E-state index in [1.165, 1.54) is 14.2 Å². The van der Waals surface area contributed by atoms with Gasteiger partial charge in [-0.05, 0) is 12.1 Å². The molecule has 0 saturated heterocycles. The lowest BCUT2D eigenvalue weighted by Gasteiger charge is -2.06. The van der Waals surface area contributed by atoms with Crippen molar-refractivity contribution in [2.45, 2.75) is 0 Å². The zero-order chi connectivity index (χ0) is 12.0. The van der Waals surface area contributed by atoms with E-state index in [1.807, 2.05) is 6.07 Å². The first-order valence-electron chi connectivity index (χ1n) is 4.56. The van der Waals surface area contributed by atoms with Gasteiger partial charge >= 0.3 is 5.97 Å². The summed E-state index contributed by atoms with van der Waals surface area (Å²) < 4.78 is 9.57. The molecule has 1 aromatic carbocycles. The molecule has 0 amide bonds. The van der Waals surface area contributed by atoms with E-state index in [2.05, 4.69) is 4.74 Å². The highest BCUT2D eigenvalue weighted by Gasteiger charge is 2.09. The summed E-state index contributed by atoms with van der Waals surface area (Å²) in [6.45, 7) is 0. The van der Waals surface area contributed by atoms with Crippen LogP contribution in [0, 0.1) is 11.3 Å². The normalized spacial score (nSPS) is 10.4. The topological polar surface area (TPSA) is 59.3 Å². The molecule has 82 valence electrons. The van der Waals surface area contributed by atoms with Crippen molar-refractivity contribution >= 4 is 11.5 Å². The molecule has 0 N–H and O–H groups in total. The number of carbonyl (C=O) groups excluding carboxylic acids is 1. The van der Waals surface area contributed by atoms with Crippen molar-refractivity contribution in [3.8, 4) is 11.8 Å². The summed E-state index contributed by atoms with van der Waals surface area (Å²) in [5, 5.41) is 8.96. The maximum absolute atomic E-state index is 11.1. The molecule has 16 heavy (non-hydrogen) atoms. The fraction of sp³-hybridized carbons (Fsp3) is 0.167. The Bertz CT molecular complexity index is 458. The number of nitriles is 1. The summed E-state index contributed by atoms with van der Waals surface area (Å²) in [5.74, 6) is -0.0262. The number of allylic oxidation sites excluding steroid dienone is 1. The molecule has 0 heterocycles. The molecule has 0 bridgehead atoms. The highest BCUT2D eigenvalue weighted by atomic mass is 16.5. The second-order valence-corrected chi connectivity index (χ2v) is 2.89. The Morgan fingerprint density at radius 2 is 2.06 bits per heavy atom. The van der Waals surface area contributed by atoms with Gasteiger partial charge in [0.1, 0.15) is 11.8 Å². The molecule has 4 nitrogen and oxygen atoms in total. The van der Waals surface area contributed by atoms with E-state index in [-0.39, 0.29) is 5.57 Å². The molecule has 0 fully saturated rings. The SMILES string of the molecule is COC(=O)C=C(C#N)c1ccccc1OC. The third kappa shape index (κ3) is 2.61. The van der Waals surface area contributed by atoms with Crippen LogP contribution in [-0.4, -0.2) is 20.2 Å². The lowest BCUT2D eigenvalue weighted by molar-refractivity contribution is -0.134. The Morgan fingerprint density at radius 1 is 1.38 bits per heavy atom. The predicted molar refractivity (Wildman–Crippen MR) is 58.6 cm³/mol. The smallest absolute Gasteiger partial charge is 0.331 e. The quantitative estimate of drug-likeness (QED) is 0.440. The maximum atomic E-state index is 11.1. The molecule has 0 aliphatic rings. The van der Waals surface area contributed by atoms with Crippen molar-refractivity contribution < 1.29 is 14.3 Å². The molecular weight excluding hydrogens is 206 g/mol. The average molecular weight is 217 g/mol. The Morgan fingerprint density at radius 3 is 2.62 bits per heavy atom. The van der Waals surface area contributed by atoms with Crippen LogP contribution in [0.3, 0.4) is 0 Å². The molecule has 1 aromatic rings. The minimum Gasteiger partial charge on any atom is -0.496 e. The number of hydrogen-bond donors (Lipinski definition) is 0. The van der Waals surface area contributed by atoms with Gasteiger partial charge in [0.15, 0.2) is 0 Å². The zero-order valence-electron chi connectivity index (χ0n) is 9.06. The van der Waals surface area contributed by atoms with E-state index in [1.54, 1.807) is 24.3 Å². The number of methoxy groups -OCH3 is 2. The maximum Gasteiger partial charge on any atom is 0.331 e. The number of carbonyl (C=O) groups is 1. The minimum absolute atomic E-state index is 0.212. The summed E-state index contributed by atoms with van der Waals surface area (Å²) >= 11 is 0. The first kappa shape index (κ1) is 11.8. The number of ether oxygens (including phenoxy) is 2. The van der Waals surface area contributed by atoms with Gasteiger partial charge in [0.05, 0.1) is 19.8 Å². The van der Waals surface area contributed by atoms with E-state index >= 15 is 0 Å². The predicted octanol–water partition coefficient (Wildman–Crippen LogP) is 1.78. The van der Waals surface area contributed by atoms with Crippen LogP contribution in [0.2, 0.25) is 0 Å². The lowest BCUT2D eigenvalue weighted by atomic mass is 10.1. The fourth-order valence-corrected chi connectivity index (χ4v) is 1.21. The average Bonchev–Trinajstić information content (AvgIpc) is 2.35. The van der Waals surface area contributed by atoms with Gasteiger partial charge in [-0.1, -0.05) is 12.1 Å². The Kier molecular flexibility index (Phi) is 4.10. The van der Waals surface area contributed by atoms with Crippen molar-refractivity contribution in [3.05, 3.63) is 35.9 Å². The molecule has 0 atom stereocenters. The zero-order valence-corrected chi connectivity index (χ0v) is 9.06. The Labute approximate surface area is 93.7 Å². The summed E-state index contributed by atoms with van der Waals surface area (Å²) in [6.07, 6.45) is 1.14. The van der Waals surface area contributed by atoms with Crippen molar-refractivity contribution in [2.75, 3.05) is 14.2 Å². The van der Waals surface area contributed by atoms with Crippen molar-refractivity contribution in [3.63, 3.8) is 0 Å². The van der Waals surface area contributed by atoms with Crippen LogP contribution in [0.4, 0.5) is 0 Å². The van der Waals surface area contributed by atoms with Crippen LogP contribution in [0.5, 0.6) is 5.75 Å². The van der Waals surface area contributed by atoms with Gasteiger partial charge < -0.3 is 9.47 Å². The van der Waals surface area contributed by atoms with Gasteiger partial charge in [-0.15, -0.1) is 0 Å². The standard InChI is InChI=1S/C12H11NO3/c1-15-11-6-4-3-5-10(11)9(8-13)7-12(14)16-2/h3-7H,1-2H3. The number of hydrogen-bond acceptors (Lipinski definition) is 4. The molecule has 4 heteroatoms. The summed E-state index contributed by atoms with van der Waals surface area (Å²) in [7, 11) is 2.77. The third-order valence-electron chi connectivity index (χ3n) is 1.98. The Balaban J connectivity index is 3.20. The molecular formula is C12H11NO3. The second-order valence-electron chi connectivity index (χ2n) is 2.89. The van der Waals surface area contributed by atoms with Crippen LogP contribution in [0.15, 0.2) is 30.3 Å². The van der Waals surface area contributed by atoms with Gasteiger partial charge in [-0.25, -0.2) is 4.79 Å². The third-order valence-corrected chi connectivity index (χ3v) is 1.98. The van der Waals surface area contributed by atoms with Crippen LogP contribution in [0.25, 0.3) is 5.57 Å². The van der Waals surface area contributed by atoms with Gasteiger partial charge in [0.2, 0.25) is 0 Å². The van der Waals surface area contributed by atoms with Crippen molar-refractivity contribution in [1.29, 1.82) is 5.26 Å². The van der Waals surface area contributed by atoms with Crippen molar-refractivity contribution in [2.24, 2.45) is 0 Å². The molecule has 0 aliphatic carbocycles. The van der Waals surface area contributed by atoms with Gasteiger partial charge in [0, 0.05) is 11.6 Å². The van der Waals surface area contributed by atoms with E-state index in [9.17, 15) is 4.79 Å². The largest absolute Gasteiger partial charge is 0.496 e. The molecule has 0 radical (unpaired) electrons. The van der Waals surface area contributed by atoms with Crippen LogP contribution < -0.4 is 4.74 Å². The summed E-state index contributed by atoms with van der Waals surface area (Å²) in [6, 6.07) is 8.92. The molecule has 0 unspecified atom stereocenters. The first-order chi connectivity index (χ1) is 7.72. The number of esters is 1. The van der Waals surface area contributed by atoms with Gasteiger partial charge in [-0.2, -0.15) is 5.26 Å². The number of rotatable bonds is 3. The minimum atomic E-state index is -0.567. The second kappa shape index (κ2) is 5.56. The van der Waals surface area contributed by atoms with Gasteiger partial charge in [0.25, 0.3) is 0 Å². The van der Waals surface area contributed by atoms with Crippen molar-refractivity contribution in [1.82, 2.24) is 0 Å². The highest BCUT2D eigenvalue weighted by Crippen LogP contribution is 2.24.